The summed E-state index contributed by atoms with van der Waals surface area (Å²) in [5, 5.41) is 0. The van der Waals surface area contributed by atoms with Crippen molar-refractivity contribution in [2.45, 2.75) is 51.9 Å². The molecular formula is C13H22. The van der Waals surface area contributed by atoms with Crippen molar-refractivity contribution in [3.05, 3.63) is 24.3 Å². The lowest BCUT2D eigenvalue weighted by molar-refractivity contribution is 0.486. The van der Waals surface area contributed by atoms with Crippen molar-refractivity contribution >= 4 is 0 Å². The van der Waals surface area contributed by atoms with Gasteiger partial charge in [0.25, 0.3) is 0 Å². The van der Waals surface area contributed by atoms with Gasteiger partial charge in [-0.2, -0.15) is 0 Å². The highest BCUT2D eigenvalue weighted by Gasteiger charge is 2.15. The summed E-state index contributed by atoms with van der Waals surface area (Å²) in [7, 11) is 0. The molecule has 0 bridgehead atoms. The van der Waals surface area contributed by atoms with E-state index in [2.05, 4.69) is 20.1 Å². The Bertz CT molecular complexity index is 180. The molecule has 0 heterocycles. The van der Waals surface area contributed by atoms with Crippen LogP contribution in [-0.2, 0) is 0 Å². The Labute approximate surface area is 82.7 Å². The zero-order chi connectivity index (χ0) is 9.68. The van der Waals surface area contributed by atoms with Gasteiger partial charge < -0.3 is 0 Å². The van der Waals surface area contributed by atoms with E-state index in [0.717, 1.165) is 5.92 Å². The van der Waals surface area contributed by atoms with Crippen LogP contribution in [0.4, 0.5) is 0 Å². The van der Waals surface area contributed by atoms with Gasteiger partial charge in [-0.05, 0) is 44.4 Å². The first-order valence-corrected chi connectivity index (χ1v) is 5.54. The summed E-state index contributed by atoms with van der Waals surface area (Å²) in [4.78, 5) is 0. The predicted molar refractivity (Wildman–Crippen MR) is 59.8 cm³/mol. The molecule has 2 aliphatic rings. The number of allylic oxidation sites excluding steroid dienone is 2. The Morgan fingerprint density at radius 2 is 1.54 bits per heavy atom. The Kier molecular flexibility index (Phi) is 4.27. The van der Waals surface area contributed by atoms with Crippen molar-refractivity contribution in [2.75, 3.05) is 0 Å². The molecule has 2 fully saturated rings. The molecule has 0 saturated heterocycles. The van der Waals surface area contributed by atoms with Crippen molar-refractivity contribution in [2.24, 2.45) is 5.92 Å². The third-order valence-electron chi connectivity index (χ3n) is 3.16. The average Bonchev–Trinajstić information content (AvgIpc) is 2.17. The quantitative estimate of drug-likeness (QED) is 0.480. The molecular weight excluding hydrogens is 156 g/mol. The fraction of sp³-hybridized carbons (Fsp3) is 0.692. The highest BCUT2D eigenvalue weighted by molar-refractivity contribution is 5.07. The largest absolute Gasteiger partial charge is 0.0999 e. The summed E-state index contributed by atoms with van der Waals surface area (Å²) >= 11 is 0. The fourth-order valence-corrected chi connectivity index (χ4v) is 1.69. The van der Waals surface area contributed by atoms with Gasteiger partial charge in [0.05, 0.1) is 0 Å². The molecule has 2 aliphatic carbocycles. The summed E-state index contributed by atoms with van der Waals surface area (Å²) in [5.74, 6) is 0.838. The molecule has 0 nitrogen and oxygen atoms in total. The Morgan fingerprint density at radius 3 is 1.69 bits per heavy atom. The highest BCUT2D eigenvalue weighted by atomic mass is 14.2. The van der Waals surface area contributed by atoms with Crippen LogP contribution in [0.2, 0.25) is 0 Å². The van der Waals surface area contributed by atoms with Crippen molar-refractivity contribution in [3.63, 3.8) is 0 Å². The van der Waals surface area contributed by atoms with E-state index in [1.165, 1.54) is 56.1 Å². The van der Waals surface area contributed by atoms with Gasteiger partial charge in [-0.1, -0.05) is 37.6 Å². The maximum atomic E-state index is 3.91. The maximum absolute atomic E-state index is 3.91. The van der Waals surface area contributed by atoms with Crippen LogP contribution >= 0.6 is 0 Å². The van der Waals surface area contributed by atoms with Crippen LogP contribution in [0.5, 0.6) is 0 Å². The van der Waals surface area contributed by atoms with Crippen LogP contribution in [0.25, 0.3) is 0 Å². The summed E-state index contributed by atoms with van der Waals surface area (Å²) in [6.07, 6.45) is 9.44. The van der Waals surface area contributed by atoms with Gasteiger partial charge in [0, 0.05) is 0 Å². The molecule has 0 aromatic rings. The van der Waals surface area contributed by atoms with Crippen LogP contribution in [-0.4, -0.2) is 0 Å². The van der Waals surface area contributed by atoms with E-state index in [0.29, 0.717) is 0 Å². The minimum Gasteiger partial charge on any atom is -0.0999 e. The second kappa shape index (κ2) is 5.26. The number of hydrogen-bond acceptors (Lipinski definition) is 0. The van der Waals surface area contributed by atoms with Gasteiger partial charge in [-0.15, -0.1) is 0 Å². The Balaban J connectivity index is 0.000000132. The van der Waals surface area contributed by atoms with Crippen molar-refractivity contribution in [3.8, 4) is 0 Å². The zero-order valence-corrected chi connectivity index (χ0v) is 8.94. The lowest BCUT2D eigenvalue weighted by Crippen LogP contribution is -2.08. The summed E-state index contributed by atoms with van der Waals surface area (Å²) < 4.78 is 0. The second-order valence-corrected chi connectivity index (χ2v) is 4.41. The van der Waals surface area contributed by atoms with Crippen LogP contribution < -0.4 is 0 Å². The van der Waals surface area contributed by atoms with Crippen LogP contribution in [0, 0.1) is 5.92 Å². The first-order chi connectivity index (χ1) is 6.20. The predicted octanol–water partition coefficient (Wildman–Crippen LogP) is 4.48. The van der Waals surface area contributed by atoms with Gasteiger partial charge in [0.2, 0.25) is 0 Å². The molecule has 2 rings (SSSR count). The molecule has 0 heteroatoms. The SMILES string of the molecule is C=C1CCC1C.C=C1CCCCC1. The minimum absolute atomic E-state index is 0.838. The monoisotopic (exact) mass is 178 g/mol. The third-order valence-corrected chi connectivity index (χ3v) is 3.16. The fourth-order valence-electron chi connectivity index (χ4n) is 1.69. The molecule has 2 saturated carbocycles. The average molecular weight is 178 g/mol. The molecule has 0 aliphatic heterocycles. The van der Waals surface area contributed by atoms with E-state index in [4.69, 9.17) is 0 Å². The zero-order valence-electron chi connectivity index (χ0n) is 8.94. The van der Waals surface area contributed by atoms with Gasteiger partial charge in [-0.25, -0.2) is 0 Å². The van der Waals surface area contributed by atoms with Crippen molar-refractivity contribution < 1.29 is 0 Å². The topological polar surface area (TPSA) is 0 Å². The minimum atomic E-state index is 0.838. The Hall–Kier alpha value is -0.520. The van der Waals surface area contributed by atoms with Gasteiger partial charge in [0.15, 0.2) is 0 Å². The number of rotatable bonds is 0. The summed E-state index contributed by atoms with van der Waals surface area (Å²) in [6, 6.07) is 0. The van der Waals surface area contributed by atoms with Crippen LogP contribution in [0.1, 0.15) is 51.9 Å². The lowest BCUT2D eigenvalue weighted by Gasteiger charge is -2.23. The molecule has 1 unspecified atom stereocenters. The number of hydrogen-bond donors (Lipinski definition) is 0. The van der Waals surface area contributed by atoms with Crippen molar-refractivity contribution in [1.82, 2.24) is 0 Å². The molecule has 0 radical (unpaired) electrons. The van der Waals surface area contributed by atoms with E-state index in [1.54, 1.807) is 0 Å². The third kappa shape index (κ3) is 3.80. The molecule has 0 aromatic carbocycles. The van der Waals surface area contributed by atoms with E-state index >= 15 is 0 Å². The summed E-state index contributed by atoms with van der Waals surface area (Å²) in [5.41, 5.74) is 2.90. The molecule has 13 heavy (non-hydrogen) atoms. The highest BCUT2D eigenvalue weighted by Crippen LogP contribution is 2.30. The maximum Gasteiger partial charge on any atom is -0.0231 e. The van der Waals surface area contributed by atoms with Gasteiger partial charge >= 0.3 is 0 Å². The normalized spacial score (nSPS) is 27.3. The van der Waals surface area contributed by atoms with E-state index < -0.39 is 0 Å². The van der Waals surface area contributed by atoms with Crippen LogP contribution in [0.3, 0.4) is 0 Å². The van der Waals surface area contributed by atoms with E-state index in [1.807, 2.05) is 0 Å². The standard InChI is InChI=1S/C7H12.C6H10/c1-7-5-3-2-4-6-7;1-5-3-4-6(5)2/h1-6H2;6H,1,3-4H2,2H3. The molecule has 1 atom stereocenters. The first kappa shape index (κ1) is 10.6. The molecule has 0 N–H and O–H groups in total. The van der Waals surface area contributed by atoms with Crippen LogP contribution in [0.15, 0.2) is 24.3 Å². The molecule has 0 amide bonds. The van der Waals surface area contributed by atoms with Gasteiger partial charge in [0.1, 0.15) is 0 Å². The van der Waals surface area contributed by atoms with Gasteiger partial charge in [-0.3, -0.25) is 0 Å². The van der Waals surface area contributed by atoms with E-state index in [9.17, 15) is 0 Å². The van der Waals surface area contributed by atoms with Crippen molar-refractivity contribution in [1.29, 1.82) is 0 Å². The first-order valence-electron chi connectivity index (χ1n) is 5.54. The smallest absolute Gasteiger partial charge is 0.0231 e. The molecule has 0 aromatic heterocycles. The Morgan fingerprint density at radius 1 is 1.00 bits per heavy atom. The lowest BCUT2D eigenvalue weighted by atomic mass is 9.82. The summed E-state index contributed by atoms with van der Waals surface area (Å²) in [6.45, 7) is 9.98. The molecule has 0 spiro atoms. The van der Waals surface area contributed by atoms with E-state index in [-0.39, 0.29) is 0 Å². The molecule has 74 valence electrons. The second-order valence-electron chi connectivity index (χ2n) is 4.41.